The first-order valence-corrected chi connectivity index (χ1v) is 11.1. The SMILES string of the molecule is CCCCCC(NCC(O)c1ccc(O)c2[nH]c(=O)ccc12)OCC(F)(F)c1ccccc1. The number of hydrogen-bond donors (Lipinski definition) is 4. The summed E-state index contributed by atoms with van der Waals surface area (Å²) in [5.74, 6) is -3.24. The van der Waals surface area contributed by atoms with E-state index < -0.39 is 24.9 Å². The summed E-state index contributed by atoms with van der Waals surface area (Å²) < 4.78 is 34.7. The molecule has 2 unspecified atom stereocenters. The first kappa shape index (κ1) is 24.8. The van der Waals surface area contributed by atoms with Crippen LogP contribution in [0.4, 0.5) is 8.78 Å². The molecule has 1 heterocycles. The molecule has 0 aliphatic heterocycles. The lowest BCUT2D eigenvalue weighted by Gasteiger charge is -2.25. The van der Waals surface area contributed by atoms with E-state index in [9.17, 15) is 23.8 Å². The van der Waals surface area contributed by atoms with Gasteiger partial charge in [-0.2, -0.15) is 8.78 Å². The van der Waals surface area contributed by atoms with Crippen molar-refractivity contribution in [3.05, 3.63) is 76.1 Å². The van der Waals surface area contributed by atoms with Crippen molar-refractivity contribution in [1.82, 2.24) is 10.3 Å². The van der Waals surface area contributed by atoms with Gasteiger partial charge in [-0.05, 0) is 30.5 Å². The van der Waals surface area contributed by atoms with E-state index in [-0.39, 0.29) is 28.9 Å². The van der Waals surface area contributed by atoms with Gasteiger partial charge in [-0.3, -0.25) is 10.1 Å². The van der Waals surface area contributed by atoms with Gasteiger partial charge in [0.25, 0.3) is 5.92 Å². The number of aromatic hydroxyl groups is 1. The largest absolute Gasteiger partial charge is 0.506 e. The van der Waals surface area contributed by atoms with Crippen molar-refractivity contribution in [1.29, 1.82) is 0 Å². The summed E-state index contributed by atoms with van der Waals surface area (Å²) in [5.41, 5.74) is 0.249. The molecule has 0 radical (unpaired) electrons. The number of hydrogen-bond acceptors (Lipinski definition) is 5. The van der Waals surface area contributed by atoms with E-state index in [1.165, 1.54) is 30.3 Å². The molecular weight excluding hydrogens is 430 g/mol. The fraction of sp³-hybridized carbons (Fsp3) is 0.400. The lowest BCUT2D eigenvalue weighted by molar-refractivity contribution is -0.114. The number of benzene rings is 2. The quantitative estimate of drug-likeness (QED) is 0.235. The maximum Gasteiger partial charge on any atom is 0.296 e. The van der Waals surface area contributed by atoms with E-state index in [4.69, 9.17) is 4.74 Å². The molecule has 0 amide bonds. The maximum absolute atomic E-state index is 14.6. The van der Waals surface area contributed by atoms with Gasteiger partial charge < -0.3 is 19.9 Å². The summed E-state index contributed by atoms with van der Waals surface area (Å²) in [5, 5.41) is 24.3. The molecular formula is C25H30F2N2O4. The first-order chi connectivity index (χ1) is 15.8. The molecule has 0 fully saturated rings. The molecule has 0 saturated carbocycles. The Morgan fingerprint density at radius 2 is 1.85 bits per heavy atom. The zero-order valence-corrected chi connectivity index (χ0v) is 18.6. The van der Waals surface area contributed by atoms with Crippen molar-refractivity contribution in [3.8, 4) is 5.75 Å². The van der Waals surface area contributed by atoms with Gasteiger partial charge in [0.1, 0.15) is 18.6 Å². The van der Waals surface area contributed by atoms with Crippen LogP contribution in [-0.4, -0.2) is 34.6 Å². The third-order valence-corrected chi connectivity index (χ3v) is 5.54. The van der Waals surface area contributed by atoms with Gasteiger partial charge in [-0.25, -0.2) is 0 Å². The number of aliphatic hydroxyl groups excluding tert-OH is 1. The van der Waals surface area contributed by atoms with E-state index >= 15 is 0 Å². The Balaban J connectivity index is 1.68. The number of unbranched alkanes of at least 4 members (excludes halogenated alkanes) is 2. The molecule has 8 heteroatoms. The smallest absolute Gasteiger partial charge is 0.296 e. The van der Waals surface area contributed by atoms with Crippen molar-refractivity contribution in [2.45, 2.75) is 50.9 Å². The number of alkyl halides is 2. The maximum atomic E-state index is 14.6. The highest BCUT2D eigenvalue weighted by atomic mass is 19.3. The Kier molecular flexibility index (Phi) is 8.55. The molecule has 0 aliphatic carbocycles. The van der Waals surface area contributed by atoms with Crippen molar-refractivity contribution in [2.75, 3.05) is 13.2 Å². The number of H-pyrrole nitrogens is 1. The predicted octanol–water partition coefficient (Wildman–Crippen LogP) is 4.57. The Morgan fingerprint density at radius 3 is 2.58 bits per heavy atom. The lowest BCUT2D eigenvalue weighted by atomic mass is 10.0. The second-order valence-electron chi connectivity index (χ2n) is 8.08. The summed E-state index contributed by atoms with van der Waals surface area (Å²) in [6.45, 7) is 1.32. The van der Waals surface area contributed by atoms with Gasteiger partial charge >= 0.3 is 0 Å². The molecule has 2 atom stereocenters. The number of aromatic nitrogens is 1. The fourth-order valence-electron chi connectivity index (χ4n) is 3.70. The van der Waals surface area contributed by atoms with Crippen molar-refractivity contribution in [2.24, 2.45) is 0 Å². The average molecular weight is 461 g/mol. The van der Waals surface area contributed by atoms with Crippen LogP contribution in [0.2, 0.25) is 0 Å². The van der Waals surface area contributed by atoms with Crippen LogP contribution in [0, 0.1) is 0 Å². The number of fused-ring (bicyclic) bond motifs is 1. The first-order valence-electron chi connectivity index (χ1n) is 11.1. The number of aliphatic hydroxyl groups is 1. The molecule has 0 saturated heterocycles. The Bertz CT molecular complexity index is 1090. The molecule has 3 rings (SSSR count). The number of phenols is 1. The van der Waals surface area contributed by atoms with Gasteiger partial charge in [0.05, 0.1) is 11.6 Å². The minimum Gasteiger partial charge on any atom is -0.506 e. The van der Waals surface area contributed by atoms with Crippen molar-refractivity contribution < 1.29 is 23.7 Å². The minimum atomic E-state index is -3.14. The highest BCUT2D eigenvalue weighted by molar-refractivity contribution is 5.87. The Labute approximate surface area is 191 Å². The zero-order chi connectivity index (χ0) is 23.8. The number of rotatable bonds is 12. The molecule has 0 aliphatic rings. The van der Waals surface area contributed by atoms with E-state index in [1.54, 1.807) is 24.3 Å². The third-order valence-electron chi connectivity index (χ3n) is 5.54. The Hall–Kier alpha value is -2.81. The van der Waals surface area contributed by atoms with Gasteiger partial charge in [0, 0.05) is 23.6 Å². The summed E-state index contributed by atoms with van der Waals surface area (Å²) in [4.78, 5) is 14.2. The molecule has 4 N–H and O–H groups in total. The molecule has 0 spiro atoms. The van der Waals surface area contributed by atoms with Crippen LogP contribution in [0.25, 0.3) is 10.9 Å². The number of pyridine rings is 1. The van der Waals surface area contributed by atoms with Gasteiger partial charge in [-0.15, -0.1) is 0 Å². The third kappa shape index (κ3) is 6.60. The lowest BCUT2D eigenvalue weighted by Crippen LogP contribution is -2.37. The number of ether oxygens (including phenoxy) is 1. The molecule has 0 bridgehead atoms. The monoisotopic (exact) mass is 460 g/mol. The second-order valence-corrected chi connectivity index (χ2v) is 8.08. The summed E-state index contributed by atoms with van der Waals surface area (Å²) in [7, 11) is 0. The number of phenolic OH excluding ortho intramolecular Hbond substituents is 1. The zero-order valence-electron chi connectivity index (χ0n) is 18.6. The fourth-order valence-corrected chi connectivity index (χ4v) is 3.70. The summed E-state index contributed by atoms with van der Waals surface area (Å²) in [6.07, 6.45) is 1.57. The molecule has 2 aromatic carbocycles. The molecule has 178 valence electrons. The predicted molar refractivity (Wildman–Crippen MR) is 123 cm³/mol. The van der Waals surface area contributed by atoms with E-state index in [0.717, 1.165) is 19.3 Å². The topological polar surface area (TPSA) is 94.6 Å². The summed E-state index contributed by atoms with van der Waals surface area (Å²) in [6, 6.07) is 13.3. The molecule has 6 nitrogen and oxygen atoms in total. The van der Waals surface area contributed by atoms with Crippen LogP contribution < -0.4 is 10.9 Å². The van der Waals surface area contributed by atoms with Gasteiger partial charge in [0.15, 0.2) is 0 Å². The van der Waals surface area contributed by atoms with Crippen LogP contribution >= 0.6 is 0 Å². The highest BCUT2D eigenvalue weighted by Gasteiger charge is 2.33. The highest BCUT2D eigenvalue weighted by Crippen LogP contribution is 2.30. The number of nitrogens with one attached hydrogen (secondary N) is 2. The van der Waals surface area contributed by atoms with E-state index in [1.807, 2.05) is 0 Å². The van der Waals surface area contributed by atoms with Crippen LogP contribution in [0.5, 0.6) is 5.75 Å². The Morgan fingerprint density at radius 1 is 1.09 bits per heavy atom. The number of aromatic amines is 1. The molecule has 33 heavy (non-hydrogen) atoms. The second kappa shape index (κ2) is 11.4. The van der Waals surface area contributed by atoms with Crippen molar-refractivity contribution >= 4 is 10.9 Å². The summed E-state index contributed by atoms with van der Waals surface area (Å²) >= 11 is 0. The minimum absolute atomic E-state index is 0.0483. The van der Waals surface area contributed by atoms with Crippen LogP contribution in [-0.2, 0) is 10.7 Å². The molecule has 1 aromatic heterocycles. The van der Waals surface area contributed by atoms with E-state index in [2.05, 4.69) is 17.2 Å². The normalized spacial score (nSPS) is 13.8. The van der Waals surface area contributed by atoms with Crippen LogP contribution in [0.3, 0.4) is 0 Å². The number of halogens is 2. The standard InChI is InChI=1S/C25H30F2N2O4/c1-2-3-5-10-23(33-16-25(26,27)17-8-6-4-7-9-17)28-15-21(31)18-11-13-20(30)24-19(18)12-14-22(32)29-24/h4,6-9,11-14,21,23,28,30-31H,2-3,5,10,15-16H2,1H3,(H,29,32). The average Bonchev–Trinajstić information content (AvgIpc) is 2.81. The molecule has 3 aromatic rings. The van der Waals surface area contributed by atoms with E-state index in [0.29, 0.717) is 17.4 Å². The van der Waals surface area contributed by atoms with Gasteiger partial charge in [-0.1, -0.05) is 56.2 Å². The van der Waals surface area contributed by atoms with Gasteiger partial charge in [0.2, 0.25) is 5.56 Å². The van der Waals surface area contributed by atoms with Crippen LogP contribution in [0.15, 0.2) is 59.4 Å². The van der Waals surface area contributed by atoms with Crippen molar-refractivity contribution in [3.63, 3.8) is 0 Å². The van der Waals surface area contributed by atoms with Crippen LogP contribution in [0.1, 0.15) is 49.8 Å².